The lowest BCUT2D eigenvalue weighted by Crippen LogP contribution is -2.50. The summed E-state index contributed by atoms with van der Waals surface area (Å²) in [7, 11) is 0. The van der Waals surface area contributed by atoms with Crippen molar-refractivity contribution in [3.8, 4) is 0 Å². The second kappa shape index (κ2) is 19.2. The first-order valence-corrected chi connectivity index (χ1v) is 12.7. The van der Waals surface area contributed by atoms with Gasteiger partial charge in [0.25, 0.3) is 0 Å². The Hall–Kier alpha value is -3.02. The van der Waals surface area contributed by atoms with Crippen LogP contribution in [-0.4, -0.2) is 73.1 Å². The monoisotopic (exact) mass is 512 g/mol. The molecule has 12 heteroatoms. The number of hydrogen-bond acceptors (Lipinski definition) is 7. The molecule has 0 aliphatic carbocycles. The Morgan fingerprint density at radius 3 is 2.06 bits per heavy atom. The average Bonchev–Trinajstić information content (AvgIpc) is 2.80. The normalized spacial score (nSPS) is 13.1. The third-order valence-electron chi connectivity index (χ3n) is 5.31. The van der Waals surface area contributed by atoms with E-state index in [9.17, 15) is 28.8 Å². The van der Waals surface area contributed by atoms with Gasteiger partial charge in [-0.2, -0.15) is 0 Å². The zero-order valence-corrected chi connectivity index (χ0v) is 22.0. The minimum atomic E-state index is -0.814. The molecular formula is C24H44N6O6. The average molecular weight is 513 g/mol. The molecule has 36 heavy (non-hydrogen) atoms. The van der Waals surface area contributed by atoms with Gasteiger partial charge in [0.2, 0.25) is 29.5 Å². The van der Waals surface area contributed by atoms with Gasteiger partial charge in [-0.25, -0.2) is 0 Å². The number of rotatable bonds is 20. The second-order valence-corrected chi connectivity index (χ2v) is 8.78. The smallest absolute Gasteiger partial charge is 0.242 e. The number of unbranched alkanes of at least 4 members (excludes halogenated alkanes) is 1. The van der Waals surface area contributed by atoms with Gasteiger partial charge in [-0.05, 0) is 52.0 Å². The first-order valence-electron chi connectivity index (χ1n) is 12.7. The molecular weight excluding hydrogens is 468 g/mol. The number of nitrogens with two attached hydrogens (primary N) is 1. The summed E-state index contributed by atoms with van der Waals surface area (Å²) in [6.45, 7) is 7.81. The van der Waals surface area contributed by atoms with Crippen molar-refractivity contribution in [2.45, 2.75) is 97.2 Å². The summed E-state index contributed by atoms with van der Waals surface area (Å²) in [6.07, 6.45) is 3.45. The highest BCUT2D eigenvalue weighted by Gasteiger charge is 2.24. The Kier molecular flexibility index (Phi) is 17.6. The lowest BCUT2D eigenvalue weighted by atomic mass is 10.0. The van der Waals surface area contributed by atoms with E-state index in [0.29, 0.717) is 38.8 Å². The van der Waals surface area contributed by atoms with Crippen LogP contribution in [0.25, 0.3) is 0 Å². The molecule has 0 aromatic heterocycles. The van der Waals surface area contributed by atoms with Crippen LogP contribution < -0.4 is 32.3 Å². The minimum absolute atomic E-state index is 0.0413. The number of carbonyl (C=O) groups is 6. The number of nitrogens with one attached hydrogen (secondary N) is 5. The van der Waals surface area contributed by atoms with Gasteiger partial charge < -0.3 is 32.3 Å². The van der Waals surface area contributed by atoms with E-state index in [2.05, 4.69) is 26.6 Å². The number of primary amides is 1. The number of ketones is 1. The van der Waals surface area contributed by atoms with Crippen LogP contribution in [0.1, 0.15) is 79.1 Å². The first-order chi connectivity index (χ1) is 17.0. The zero-order valence-electron chi connectivity index (χ0n) is 22.0. The molecule has 0 saturated carbocycles. The molecule has 3 atom stereocenters. The van der Waals surface area contributed by atoms with Gasteiger partial charge in [0.15, 0.2) is 5.78 Å². The van der Waals surface area contributed by atoms with Crippen LogP contribution in [0.3, 0.4) is 0 Å². The van der Waals surface area contributed by atoms with Crippen molar-refractivity contribution in [2.75, 3.05) is 19.6 Å². The fraction of sp³-hybridized carbons (Fsp3) is 0.750. The van der Waals surface area contributed by atoms with E-state index < -0.39 is 29.9 Å². The van der Waals surface area contributed by atoms with Crippen LogP contribution in [0.2, 0.25) is 0 Å². The van der Waals surface area contributed by atoms with Crippen molar-refractivity contribution in [3.05, 3.63) is 0 Å². The Balaban J connectivity index is 4.46. The van der Waals surface area contributed by atoms with Gasteiger partial charge in [0, 0.05) is 26.3 Å². The van der Waals surface area contributed by atoms with Gasteiger partial charge in [-0.1, -0.05) is 13.8 Å². The van der Waals surface area contributed by atoms with Crippen LogP contribution in [0.15, 0.2) is 0 Å². The fourth-order valence-corrected chi connectivity index (χ4v) is 3.38. The Bertz CT molecular complexity index is 745. The van der Waals surface area contributed by atoms with Crippen LogP contribution >= 0.6 is 0 Å². The summed E-state index contributed by atoms with van der Waals surface area (Å²) < 4.78 is 0. The summed E-state index contributed by atoms with van der Waals surface area (Å²) in [6, 6.07) is -2.38. The van der Waals surface area contributed by atoms with Crippen LogP contribution in [0, 0.1) is 0 Å². The van der Waals surface area contributed by atoms with Crippen molar-refractivity contribution in [1.82, 2.24) is 26.6 Å². The molecule has 12 nitrogen and oxygen atoms in total. The van der Waals surface area contributed by atoms with Crippen LogP contribution in [0.4, 0.5) is 0 Å². The molecule has 0 fully saturated rings. The van der Waals surface area contributed by atoms with Crippen molar-refractivity contribution < 1.29 is 28.8 Å². The zero-order chi connectivity index (χ0) is 27.5. The van der Waals surface area contributed by atoms with E-state index in [0.717, 1.165) is 6.42 Å². The van der Waals surface area contributed by atoms with E-state index in [1.54, 1.807) is 0 Å². The molecule has 0 radical (unpaired) electrons. The van der Waals surface area contributed by atoms with E-state index in [-0.39, 0.29) is 49.3 Å². The third-order valence-corrected chi connectivity index (χ3v) is 5.31. The quantitative estimate of drug-likeness (QED) is 0.117. The molecule has 0 rings (SSSR count). The predicted octanol–water partition coefficient (Wildman–Crippen LogP) is -0.599. The SMILES string of the molecule is CCCNCC(=O)NC(CCCCNC(=O)CCC(NC(=O)C(C)NC(C)=O)C(=O)CCC)C(N)=O. The summed E-state index contributed by atoms with van der Waals surface area (Å²) in [4.78, 5) is 71.5. The second-order valence-electron chi connectivity index (χ2n) is 8.78. The van der Waals surface area contributed by atoms with Gasteiger partial charge in [-0.3, -0.25) is 28.8 Å². The molecule has 5 amide bonds. The number of carbonyl (C=O) groups excluding carboxylic acids is 6. The molecule has 7 N–H and O–H groups in total. The topological polar surface area (TPSA) is 189 Å². The molecule has 0 aliphatic rings. The molecule has 0 aliphatic heterocycles. The Labute approximate surface area is 213 Å². The molecule has 206 valence electrons. The van der Waals surface area contributed by atoms with Gasteiger partial charge >= 0.3 is 0 Å². The molecule has 0 spiro atoms. The van der Waals surface area contributed by atoms with Crippen molar-refractivity contribution in [1.29, 1.82) is 0 Å². The molecule has 0 aromatic rings. The van der Waals surface area contributed by atoms with E-state index in [1.807, 2.05) is 13.8 Å². The summed E-state index contributed by atoms with van der Waals surface area (Å²) in [5.74, 6) is -2.19. The summed E-state index contributed by atoms with van der Waals surface area (Å²) >= 11 is 0. The largest absolute Gasteiger partial charge is 0.368 e. The van der Waals surface area contributed by atoms with E-state index in [4.69, 9.17) is 5.73 Å². The van der Waals surface area contributed by atoms with Crippen molar-refractivity contribution >= 4 is 35.3 Å². The standard InChI is InChI=1S/C24H44N6O6/c1-5-9-20(32)18(30-24(36)16(3)28-17(4)31)11-12-21(33)27-14-8-7-10-19(23(25)35)29-22(34)15-26-13-6-2/h16,18-19,26H,5-15H2,1-4H3,(H2,25,35)(H,27,33)(H,28,31)(H,29,34)(H,30,36). The fourth-order valence-electron chi connectivity index (χ4n) is 3.38. The number of hydrogen-bond donors (Lipinski definition) is 6. The Morgan fingerprint density at radius 2 is 1.47 bits per heavy atom. The highest BCUT2D eigenvalue weighted by atomic mass is 16.2. The summed E-state index contributed by atoms with van der Waals surface area (Å²) in [5.41, 5.74) is 5.37. The van der Waals surface area contributed by atoms with E-state index in [1.165, 1.54) is 13.8 Å². The molecule has 0 heterocycles. The maximum atomic E-state index is 12.4. The van der Waals surface area contributed by atoms with Gasteiger partial charge in [0.05, 0.1) is 12.6 Å². The lowest BCUT2D eigenvalue weighted by Gasteiger charge is -2.20. The van der Waals surface area contributed by atoms with E-state index >= 15 is 0 Å². The maximum Gasteiger partial charge on any atom is 0.242 e. The molecule has 0 aromatic carbocycles. The van der Waals surface area contributed by atoms with Gasteiger partial charge in [-0.15, -0.1) is 0 Å². The third kappa shape index (κ3) is 15.8. The highest BCUT2D eigenvalue weighted by molar-refractivity contribution is 5.92. The lowest BCUT2D eigenvalue weighted by molar-refractivity contribution is -0.131. The molecule has 0 saturated heterocycles. The number of Topliss-reactive ketones (excluding diaryl/α,β-unsaturated/α-hetero) is 1. The molecule has 0 bridgehead atoms. The number of amides is 5. The maximum absolute atomic E-state index is 12.4. The van der Waals surface area contributed by atoms with Crippen LogP contribution in [0.5, 0.6) is 0 Å². The minimum Gasteiger partial charge on any atom is -0.368 e. The molecule has 3 unspecified atom stereocenters. The highest BCUT2D eigenvalue weighted by Crippen LogP contribution is 2.05. The van der Waals surface area contributed by atoms with Crippen LogP contribution in [-0.2, 0) is 28.8 Å². The van der Waals surface area contributed by atoms with Crippen molar-refractivity contribution in [3.63, 3.8) is 0 Å². The van der Waals surface area contributed by atoms with Crippen molar-refractivity contribution in [2.24, 2.45) is 5.73 Å². The Morgan fingerprint density at radius 1 is 0.778 bits per heavy atom. The predicted molar refractivity (Wildman–Crippen MR) is 136 cm³/mol. The summed E-state index contributed by atoms with van der Waals surface area (Å²) in [5, 5.41) is 13.4. The van der Waals surface area contributed by atoms with Gasteiger partial charge in [0.1, 0.15) is 12.1 Å². The first kappa shape index (κ1) is 33.0.